The molecule has 21 heavy (non-hydrogen) atoms. The Morgan fingerprint density at radius 3 is 2.76 bits per heavy atom. The largest absolute Gasteiger partial charge is 0.368 e. The molecule has 3 rings (SSSR count). The summed E-state index contributed by atoms with van der Waals surface area (Å²) in [6, 6.07) is 1.60. The Morgan fingerprint density at radius 2 is 2.14 bits per heavy atom. The smallest absolute Gasteiger partial charge is 0.246 e. The number of carbonyl (C=O) groups is 1. The fourth-order valence-electron chi connectivity index (χ4n) is 2.27. The summed E-state index contributed by atoms with van der Waals surface area (Å²) in [5, 5.41) is 4.34. The molecule has 1 fully saturated rings. The molecule has 1 aliphatic heterocycles. The van der Waals surface area contributed by atoms with E-state index in [0.29, 0.717) is 18.9 Å². The van der Waals surface area contributed by atoms with Crippen LogP contribution in [0.5, 0.6) is 0 Å². The van der Waals surface area contributed by atoms with E-state index in [0.717, 1.165) is 5.69 Å². The minimum atomic E-state index is -0.0254. The van der Waals surface area contributed by atoms with Gasteiger partial charge in [-0.3, -0.25) is 9.48 Å². The zero-order valence-electron chi connectivity index (χ0n) is 11.4. The number of amides is 1. The van der Waals surface area contributed by atoms with Gasteiger partial charge in [-0.05, 0) is 0 Å². The Balaban J connectivity index is 1.77. The van der Waals surface area contributed by atoms with Crippen molar-refractivity contribution >= 4 is 35.0 Å². The fourth-order valence-corrected chi connectivity index (χ4v) is 2.46. The lowest BCUT2D eigenvalue weighted by molar-refractivity contribution is -0.117. The van der Waals surface area contributed by atoms with Crippen LogP contribution in [0.25, 0.3) is 0 Å². The number of anilines is 3. The number of hydrogen-bond donors (Lipinski definition) is 1. The molecule has 0 unspecified atom stereocenters. The van der Waals surface area contributed by atoms with Crippen LogP contribution >= 0.6 is 11.6 Å². The molecule has 0 atom stereocenters. The molecule has 2 N–H and O–H groups in total. The second-order valence-corrected chi connectivity index (χ2v) is 5.13. The van der Waals surface area contributed by atoms with Gasteiger partial charge in [0.25, 0.3) is 0 Å². The van der Waals surface area contributed by atoms with Gasteiger partial charge in [0, 0.05) is 32.4 Å². The molecule has 0 saturated carbocycles. The number of aromatic nitrogens is 4. The van der Waals surface area contributed by atoms with Crippen molar-refractivity contribution in [3.05, 3.63) is 23.6 Å². The lowest BCUT2D eigenvalue weighted by Gasteiger charge is -2.34. The van der Waals surface area contributed by atoms with Gasteiger partial charge in [-0.25, -0.2) is 4.98 Å². The van der Waals surface area contributed by atoms with Crippen LogP contribution in [0.4, 0.5) is 17.5 Å². The van der Waals surface area contributed by atoms with E-state index in [1.54, 1.807) is 21.8 Å². The van der Waals surface area contributed by atoms with Crippen LogP contribution in [-0.4, -0.2) is 45.3 Å². The molecule has 110 valence electrons. The highest BCUT2D eigenvalue weighted by atomic mass is 35.5. The number of piperazine rings is 1. The normalized spacial score (nSPS) is 15.6. The molecule has 0 spiro atoms. The second-order valence-electron chi connectivity index (χ2n) is 4.75. The molecule has 0 radical (unpaired) electrons. The van der Waals surface area contributed by atoms with E-state index in [1.165, 1.54) is 0 Å². The predicted molar refractivity (Wildman–Crippen MR) is 79.2 cm³/mol. The van der Waals surface area contributed by atoms with Crippen LogP contribution in [-0.2, 0) is 11.8 Å². The number of nitrogens with zero attached hydrogens (tertiary/aromatic N) is 6. The van der Waals surface area contributed by atoms with E-state index in [2.05, 4.69) is 15.1 Å². The number of nitrogens with two attached hydrogens (primary N) is 1. The van der Waals surface area contributed by atoms with Crippen LogP contribution in [0.3, 0.4) is 0 Å². The van der Waals surface area contributed by atoms with Crippen molar-refractivity contribution in [1.29, 1.82) is 0 Å². The van der Waals surface area contributed by atoms with Crippen LogP contribution < -0.4 is 15.5 Å². The number of halogens is 1. The molecule has 3 heterocycles. The van der Waals surface area contributed by atoms with E-state index >= 15 is 0 Å². The number of hydrogen-bond acceptors (Lipinski definition) is 6. The SMILES string of the molecule is Cn1cc(N2CCN(c3cc(Cl)nc(N)n3)CC2=O)cn1. The van der Waals surface area contributed by atoms with Gasteiger partial charge in [0.2, 0.25) is 11.9 Å². The average Bonchev–Trinajstić information content (AvgIpc) is 2.84. The van der Waals surface area contributed by atoms with Crippen molar-refractivity contribution in [1.82, 2.24) is 19.7 Å². The quantitative estimate of drug-likeness (QED) is 0.802. The third-order valence-electron chi connectivity index (χ3n) is 3.25. The fraction of sp³-hybridized carbons (Fsp3) is 0.333. The van der Waals surface area contributed by atoms with Gasteiger partial charge < -0.3 is 15.5 Å². The summed E-state index contributed by atoms with van der Waals surface area (Å²) in [5.74, 6) is 0.633. The summed E-state index contributed by atoms with van der Waals surface area (Å²) in [4.78, 5) is 23.8. The van der Waals surface area contributed by atoms with E-state index in [-0.39, 0.29) is 23.6 Å². The zero-order chi connectivity index (χ0) is 15.0. The Kier molecular flexibility index (Phi) is 3.38. The van der Waals surface area contributed by atoms with Crippen molar-refractivity contribution < 1.29 is 4.79 Å². The van der Waals surface area contributed by atoms with E-state index in [4.69, 9.17) is 17.3 Å². The first-order chi connectivity index (χ1) is 10.0. The number of nitrogen functional groups attached to an aromatic ring is 1. The van der Waals surface area contributed by atoms with Crippen LogP contribution in [0.1, 0.15) is 0 Å². The third-order valence-corrected chi connectivity index (χ3v) is 3.44. The zero-order valence-corrected chi connectivity index (χ0v) is 12.2. The molecule has 1 saturated heterocycles. The predicted octanol–water partition coefficient (Wildman–Crippen LogP) is 0.299. The number of aryl methyl sites for hydroxylation is 1. The monoisotopic (exact) mass is 307 g/mol. The van der Waals surface area contributed by atoms with Gasteiger partial charge in [-0.15, -0.1) is 0 Å². The Hall–Kier alpha value is -2.35. The average molecular weight is 308 g/mol. The molecule has 2 aromatic heterocycles. The van der Waals surface area contributed by atoms with Crippen molar-refractivity contribution in [3.8, 4) is 0 Å². The number of rotatable bonds is 2. The summed E-state index contributed by atoms with van der Waals surface area (Å²) in [6.07, 6.45) is 3.49. The second kappa shape index (κ2) is 5.21. The van der Waals surface area contributed by atoms with Crippen LogP contribution in [0, 0.1) is 0 Å². The molecule has 1 aliphatic rings. The van der Waals surface area contributed by atoms with Crippen molar-refractivity contribution in [2.24, 2.45) is 7.05 Å². The molecule has 8 nitrogen and oxygen atoms in total. The molecule has 0 aliphatic carbocycles. The lowest BCUT2D eigenvalue weighted by atomic mass is 10.3. The first-order valence-corrected chi connectivity index (χ1v) is 6.75. The molecular weight excluding hydrogens is 294 g/mol. The first-order valence-electron chi connectivity index (χ1n) is 6.37. The van der Waals surface area contributed by atoms with Crippen LogP contribution in [0.15, 0.2) is 18.5 Å². The Bertz CT molecular complexity index is 666. The summed E-state index contributed by atoms with van der Waals surface area (Å²) < 4.78 is 1.67. The minimum absolute atomic E-state index is 0.0254. The summed E-state index contributed by atoms with van der Waals surface area (Å²) >= 11 is 5.87. The molecule has 9 heteroatoms. The van der Waals surface area contributed by atoms with Crippen molar-refractivity contribution in [2.75, 3.05) is 35.2 Å². The summed E-state index contributed by atoms with van der Waals surface area (Å²) in [5.41, 5.74) is 6.38. The van der Waals surface area contributed by atoms with Gasteiger partial charge in [0.15, 0.2) is 0 Å². The summed E-state index contributed by atoms with van der Waals surface area (Å²) in [6.45, 7) is 1.39. The highest BCUT2D eigenvalue weighted by molar-refractivity contribution is 6.29. The first kappa shape index (κ1) is 13.6. The van der Waals surface area contributed by atoms with Crippen LogP contribution in [0.2, 0.25) is 5.15 Å². The van der Waals surface area contributed by atoms with Gasteiger partial charge in [-0.2, -0.15) is 10.1 Å². The molecule has 0 aromatic carbocycles. The highest BCUT2D eigenvalue weighted by Gasteiger charge is 2.27. The maximum absolute atomic E-state index is 12.3. The molecule has 2 aromatic rings. The van der Waals surface area contributed by atoms with E-state index in [1.807, 2.05) is 18.1 Å². The summed E-state index contributed by atoms with van der Waals surface area (Å²) in [7, 11) is 1.82. The number of carbonyl (C=O) groups excluding carboxylic acids is 1. The van der Waals surface area contributed by atoms with Crippen molar-refractivity contribution in [3.63, 3.8) is 0 Å². The maximum atomic E-state index is 12.3. The van der Waals surface area contributed by atoms with Gasteiger partial charge in [0.1, 0.15) is 11.0 Å². The van der Waals surface area contributed by atoms with E-state index in [9.17, 15) is 4.79 Å². The Labute approximate surface area is 126 Å². The standard InChI is InChI=1S/C12H14ClN7O/c1-18-6-8(5-15-18)20-3-2-19(7-11(20)21)10-4-9(13)16-12(14)17-10/h4-6H,2-3,7H2,1H3,(H2,14,16,17). The molecule has 0 bridgehead atoms. The molecular formula is C12H14ClN7O. The lowest BCUT2D eigenvalue weighted by Crippen LogP contribution is -2.50. The Morgan fingerprint density at radius 1 is 1.33 bits per heavy atom. The minimum Gasteiger partial charge on any atom is -0.368 e. The topological polar surface area (TPSA) is 93.2 Å². The van der Waals surface area contributed by atoms with E-state index < -0.39 is 0 Å². The van der Waals surface area contributed by atoms with Gasteiger partial charge in [-0.1, -0.05) is 11.6 Å². The van der Waals surface area contributed by atoms with Gasteiger partial charge >= 0.3 is 0 Å². The highest BCUT2D eigenvalue weighted by Crippen LogP contribution is 2.21. The maximum Gasteiger partial charge on any atom is 0.246 e. The third kappa shape index (κ3) is 2.75. The van der Waals surface area contributed by atoms with Gasteiger partial charge in [0.05, 0.1) is 18.4 Å². The molecule has 1 amide bonds. The van der Waals surface area contributed by atoms with Crippen molar-refractivity contribution in [2.45, 2.75) is 0 Å².